The van der Waals surface area contributed by atoms with Crippen molar-refractivity contribution in [3.63, 3.8) is 0 Å². The largest absolute Gasteiger partial charge is 0.302 e. The van der Waals surface area contributed by atoms with Crippen LogP contribution >= 0.6 is 34.8 Å². The summed E-state index contributed by atoms with van der Waals surface area (Å²) >= 11 is 17.6. The van der Waals surface area contributed by atoms with Gasteiger partial charge in [-0.05, 0) is 36.6 Å². The van der Waals surface area contributed by atoms with Gasteiger partial charge in [-0.3, -0.25) is 0 Å². The smallest absolute Gasteiger partial charge is 0.138 e. The van der Waals surface area contributed by atoms with E-state index in [1.54, 1.807) is 12.1 Å². The molecule has 14 heavy (non-hydrogen) atoms. The second kappa shape index (κ2) is 5.01. The summed E-state index contributed by atoms with van der Waals surface area (Å²) in [6.07, 6.45) is 1.09. The minimum absolute atomic E-state index is 0.407. The Hall–Kier alpha value is -0.240. The molecule has 0 heterocycles. The second-order valence-electron chi connectivity index (χ2n) is 3.05. The molecule has 1 rings (SSSR count). The number of aldehydes is 1. The van der Waals surface area contributed by atoms with Gasteiger partial charge in [-0.1, -0.05) is 23.2 Å². The van der Waals surface area contributed by atoms with E-state index in [2.05, 4.69) is 0 Å². The van der Waals surface area contributed by atoms with E-state index in [-0.39, 0.29) is 0 Å². The van der Waals surface area contributed by atoms with E-state index in [1.807, 2.05) is 6.92 Å². The van der Waals surface area contributed by atoms with Crippen LogP contribution in [-0.4, -0.2) is 11.7 Å². The molecule has 1 nitrogen and oxygen atoms in total. The normalized spacial score (nSPS) is 12.6. The number of aryl methyl sites for hydroxylation is 1. The molecule has 76 valence electrons. The summed E-state index contributed by atoms with van der Waals surface area (Å²) in [5.41, 5.74) is 1.71. The molecular weight excluding hydrogens is 242 g/mol. The minimum atomic E-state index is -0.550. The minimum Gasteiger partial charge on any atom is -0.302 e. The molecule has 4 heteroatoms. The SMILES string of the molecule is Cc1cc(Cl)c(CC(Cl)C=O)cc1Cl. The van der Waals surface area contributed by atoms with Crippen LogP contribution in [0.2, 0.25) is 10.0 Å². The van der Waals surface area contributed by atoms with Gasteiger partial charge >= 0.3 is 0 Å². The van der Waals surface area contributed by atoms with Crippen LogP contribution in [0.1, 0.15) is 11.1 Å². The fourth-order valence-electron chi connectivity index (χ4n) is 1.10. The maximum absolute atomic E-state index is 10.4. The number of carbonyl (C=O) groups is 1. The highest BCUT2D eigenvalue weighted by Gasteiger charge is 2.09. The van der Waals surface area contributed by atoms with E-state index in [0.717, 1.165) is 11.1 Å². The number of benzene rings is 1. The van der Waals surface area contributed by atoms with Crippen LogP contribution in [0, 0.1) is 6.92 Å². The monoisotopic (exact) mass is 250 g/mol. The predicted octanol–water partition coefficient (Wildman–Crippen LogP) is 3.65. The van der Waals surface area contributed by atoms with Crippen molar-refractivity contribution in [2.75, 3.05) is 0 Å². The van der Waals surface area contributed by atoms with Gasteiger partial charge in [0.2, 0.25) is 0 Å². The number of carbonyl (C=O) groups excluding carboxylic acids is 1. The molecule has 1 aromatic carbocycles. The van der Waals surface area contributed by atoms with E-state index in [9.17, 15) is 4.79 Å². The lowest BCUT2D eigenvalue weighted by molar-refractivity contribution is -0.107. The fourth-order valence-corrected chi connectivity index (χ4v) is 1.75. The van der Waals surface area contributed by atoms with Gasteiger partial charge in [-0.25, -0.2) is 0 Å². The molecule has 0 saturated heterocycles. The second-order valence-corrected chi connectivity index (χ2v) is 4.42. The standard InChI is InChI=1S/C10H9Cl3O/c1-6-2-10(13)7(4-9(6)12)3-8(11)5-14/h2,4-5,8H,3H2,1H3. The fraction of sp³-hybridized carbons (Fsp3) is 0.300. The van der Waals surface area contributed by atoms with Crippen molar-refractivity contribution in [1.29, 1.82) is 0 Å². The number of halogens is 3. The van der Waals surface area contributed by atoms with Gasteiger partial charge in [0.1, 0.15) is 6.29 Å². The first-order valence-corrected chi connectivity index (χ1v) is 5.27. The molecule has 0 spiro atoms. The van der Waals surface area contributed by atoms with Gasteiger partial charge in [-0.15, -0.1) is 11.6 Å². The molecule has 1 unspecified atom stereocenters. The van der Waals surface area contributed by atoms with Crippen molar-refractivity contribution in [2.24, 2.45) is 0 Å². The third kappa shape index (κ3) is 2.88. The lowest BCUT2D eigenvalue weighted by Gasteiger charge is -2.07. The highest BCUT2D eigenvalue weighted by atomic mass is 35.5. The quantitative estimate of drug-likeness (QED) is 0.592. The van der Waals surface area contributed by atoms with Crippen molar-refractivity contribution in [3.05, 3.63) is 33.3 Å². The van der Waals surface area contributed by atoms with Gasteiger partial charge in [0.25, 0.3) is 0 Å². The summed E-state index contributed by atoms with van der Waals surface area (Å²) in [4.78, 5) is 10.4. The van der Waals surface area contributed by atoms with Crippen molar-refractivity contribution in [3.8, 4) is 0 Å². The highest BCUT2D eigenvalue weighted by Crippen LogP contribution is 2.26. The Morgan fingerprint density at radius 1 is 1.36 bits per heavy atom. The predicted molar refractivity (Wildman–Crippen MR) is 60.6 cm³/mol. The van der Waals surface area contributed by atoms with E-state index in [0.29, 0.717) is 22.8 Å². The first-order valence-electron chi connectivity index (χ1n) is 4.08. The third-order valence-electron chi connectivity index (χ3n) is 1.89. The van der Waals surface area contributed by atoms with Gasteiger partial charge in [0.15, 0.2) is 0 Å². The van der Waals surface area contributed by atoms with Crippen LogP contribution in [0.25, 0.3) is 0 Å². The Bertz CT molecular complexity index is 349. The Kier molecular flexibility index (Phi) is 4.24. The van der Waals surface area contributed by atoms with Crippen LogP contribution in [0.4, 0.5) is 0 Å². The first kappa shape index (κ1) is 11.8. The molecule has 0 aliphatic rings. The maximum Gasteiger partial charge on any atom is 0.138 e. The molecule has 0 radical (unpaired) electrons. The molecule has 0 aromatic heterocycles. The Morgan fingerprint density at radius 3 is 2.57 bits per heavy atom. The maximum atomic E-state index is 10.4. The van der Waals surface area contributed by atoms with Crippen molar-refractivity contribution in [1.82, 2.24) is 0 Å². The Balaban J connectivity index is 2.97. The van der Waals surface area contributed by atoms with Crippen molar-refractivity contribution < 1.29 is 4.79 Å². The zero-order chi connectivity index (χ0) is 10.7. The lowest BCUT2D eigenvalue weighted by atomic mass is 10.1. The first-order chi connectivity index (χ1) is 6.54. The van der Waals surface area contributed by atoms with E-state index < -0.39 is 5.38 Å². The molecule has 0 N–H and O–H groups in total. The number of hydrogen-bond acceptors (Lipinski definition) is 1. The molecule has 1 aromatic rings. The topological polar surface area (TPSA) is 17.1 Å². The summed E-state index contributed by atoms with van der Waals surface area (Å²) in [6, 6.07) is 3.52. The number of alkyl halides is 1. The molecule has 0 amide bonds. The van der Waals surface area contributed by atoms with Crippen LogP contribution < -0.4 is 0 Å². The third-order valence-corrected chi connectivity index (χ3v) is 2.91. The van der Waals surface area contributed by atoms with Crippen molar-refractivity contribution in [2.45, 2.75) is 18.7 Å². The summed E-state index contributed by atoms with van der Waals surface area (Å²) < 4.78 is 0. The number of hydrogen-bond donors (Lipinski definition) is 0. The molecule has 0 bridgehead atoms. The van der Waals surface area contributed by atoms with Crippen LogP contribution in [0.15, 0.2) is 12.1 Å². The van der Waals surface area contributed by atoms with Crippen LogP contribution in [0.3, 0.4) is 0 Å². The molecular formula is C10H9Cl3O. The Morgan fingerprint density at radius 2 is 2.00 bits per heavy atom. The molecule has 0 saturated carbocycles. The van der Waals surface area contributed by atoms with E-state index in [4.69, 9.17) is 34.8 Å². The number of rotatable bonds is 3. The van der Waals surface area contributed by atoms with Gasteiger partial charge in [0.05, 0.1) is 5.38 Å². The zero-order valence-electron chi connectivity index (χ0n) is 7.56. The van der Waals surface area contributed by atoms with E-state index in [1.165, 1.54) is 0 Å². The Labute approximate surface area is 98.0 Å². The van der Waals surface area contributed by atoms with Crippen LogP contribution in [0.5, 0.6) is 0 Å². The van der Waals surface area contributed by atoms with Crippen molar-refractivity contribution >= 4 is 41.1 Å². The summed E-state index contributed by atoms with van der Waals surface area (Å²) in [6.45, 7) is 1.87. The average molecular weight is 252 g/mol. The summed E-state index contributed by atoms with van der Waals surface area (Å²) in [5, 5.41) is 0.685. The average Bonchev–Trinajstić information content (AvgIpc) is 2.14. The van der Waals surface area contributed by atoms with Gasteiger partial charge < -0.3 is 4.79 Å². The molecule has 0 fully saturated rings. The van der Waals surface area contributed by atoms with Gasteiger partial charge in [0, 0.05) is 10.0 Å². The summed E-state index contributed by atoms with van der Waals surface area (Å²) in [5.74, 6) is 0. The molecule has 1 atom stereocenters. The zero-order valence-corrected chi connectivity index (χ0v) is 9.83. The van der Waals surface area contributed by atoms with E-state index >= 15 is 0 Å². The highest BCUT2D eigenvalue weighted by molar-refractivity contribution is 6.34. The van der Waals surface area contributed by atoms with Gasteiger partial charge in [-0.2, -0.15) is 0 Å². The lowest BCUT2D eigenvalue weighted by Crippen LogP contribution is -2.05. The summed E-state index contributed by atoms with van der Waals surface area (Å²) in [7, 11) is 0. The van der Waals surface area contributed by atoms with Crippen LogP contribution in [-0.2, 0) is 11.2 Å². The molecule has 0 aliphatic heterocycles. The molecule has 0 aliphatic carbocycles.